The molecule has 0 saturated heterocycles. The highest BCUT2D eigenvalue weighted by molar-refractivity contribution is 5.39. The Kier molecular flexibility index (Phi) is 2.33. The number of aromatic nitrogens is 2. The van der Waals surface area contributed by atoms with Crippen LogP contribution < -0.4 is 10.4 Å². The molecule has 0 aliphatic heterocycles. The number of ether oxygens (including phenoxy) is 1. The minimum atomic E-state index is -0.0664. The Morgan fingerprint density at radius 3 is 2.67 bits per heavy atom. The predicted molar refractivity (Wildman–Crippen MR) is 57.6 cm³/mol. The van der Waals surface area contributed by atoms with Crippen molar-refractivity contribution in [3.05, 3.63) is 47.1 Å². The molecule has 0 unspecified atom stereocenters. The summed E-state index contributed by atoms with van der Waals surface area (Å²) >= 11 is 0. The van der Waals surface area contributed by atoms with Crippen LogP contribution in [0.4, 0.5) is 0 Å². The van der Waals surface area contributed by atoms with Crippen LogP contribution in [0.3, 0.4) is 0 Å². The van der Waals surface area contributed by atoms with E-state index in [-0.39, 0.29) is 5.69 Å². The molecule has 0 amide bonds. The van der Waals surface area contributed by atoms with Crippen molar-refractivity contribution in [3.63, 3.8) is 0 Å². The van der Waals surface area contributed by atoms with Crippen LogP contribution in [0.1, 0.15) is 0 Å². The molecule has 0 saturated carbocycles. The van der Waals surface area contributed by atoms with E-state index >= 15 is 0 Å². The molecule has 0 atom stereocenters. The Balaban J connectivity index is 2.54. The zero-order valence-electron chi connectivity index (χ0n) is 8.68. The highest BCUT2D eigenvalue weighted by Gasteiger charge is 2.02. The van der Waals surface area contributed by atoms with E-state index < -0.39 is 0 Å². The Morgan fingerprint density at radius 1 is 1.27 bits per heavy atom. The number of nitrogens with zero attached hydrogens (tertiary/aromatic N) is 2. The minimum absolute atomic E-state index is 0.0664. The van der Waals surface area contributed by atoms with Crippen LogP contribution in [0.15, 0.2) is 41.5 Å². The number of aryl methyl sites for hydroxylation is 1. The topological polar surface area (TPSA) is 36.2 Å². The number of rotatable bonds is 2. The fourth-order valence-corrected chi connectivity index (χ4v) is 1.42. The Morgan fingerprint density at radius 2 is 2.07 bits per heavy atom. The molecule has 0 aliphatic rings. The zero-order chi connectivity index (χ0) is 10.8. The third kappa shape index (κ3) is 1.66. The number of hydrogen-bond acceptors (Lipinski definition) is 2. The maximum absolute atomic E-state index is 11.7. The van der Waals surface area contributed by atoms with Crippen LogP contribution in [0.2, 0.25) is 0 Å². The van der Waals surface area contributed by atoms with E-state index in [4.69, 9.17) is 4.74 Å². The first-order valence-corrected chi connectivity index (χ1v) is 4.61. The van der Waals surface area contributed by atoms with E-state index in [1.54, 1.807) is 31.1 Å². The normalized spacial score (nSPS) is 10.3. The Hall–Kier alpha value is -1.97. The molecule has 1 aromatic carbocycles. The maximum atomic E-state index is 11.7. The number of benzene rings is 1. The van der Waals surface area contributed by atoms with E-state index in [0.717, 1.165) is 11.4 Å². The first kappa shape index (κ1) is 9.58. The van der Waals surface area contributed by atoms with Crippen LogP contribution in [0, 0.1) is 0 Å². The average Bonchev–Trinajstić information content (AvgIpc) is 2.60. The molecular weight excluding hydrogens is 192 g/mol. The lowest BCUT2D eigenvalue weighted by molar-refractivity contribution is 0.414. The largest absolute Gasteiger partial charge is 0.497 e. The van der Waals surface area contributed by atoms with E-state index in [1.807, 2.05) is 24.3 Å². The van der Waals surface area contributed by atoms with Gasteiger partial charge in [-0.25, -0.2) is 4.79 Å². The van der Waals surface area contributed by atoms with Crippen LogP contribution in [0.25, 0.3) is 5.69 Å². The van der Waals surface area contributed by atoms with Gasteiger partial charge in [0.05, 0.1) is 12.8 Å². The summed E-state index contributed by atoms with van der Waals surface area (Å²) in [7, 11) is 3.33. The lowest BCUT2D eigenvalue weighted by Gasteiger charge is -2.03. The average molecular weight is 204 g/mol. The number of hydrogen-bond donors (Lipinski definition) is 0. The molecule has 0 radical (unpaired) electrons. The fraction of sp³-hybridized carbons (Fsp3) is 0.182. The quantitative estimate of drug-likeness (QED) is 0.736. The van der Waals surface area contributed by atoms with Gasteiger partial charge in [0.15, 0.2) is 0 Å². The van der Waals surface area contributed by atoms with Gasteiger partial charge in [0.25, 0.3) is 0 Å². The lowest BCUT2D eigenvalue weighted by Crippen LogP contribution is -2.20. The van der Waals surface area contributed by atoms with E-state index in [9.17, 15) is 4.79 Å². The Bertz CT molecular complexity index is 525. The van der Waals surface area contributed by atoms with Gasteiger partial charge in [0.1, 0.15) is 5.75 Å². The van der Waals surface area contributed by atoms with Crippen molar-refractivity contribution >= 4 is 0 Å². The molecule has 0 fully saturated rings. The fourth-order valence-electron chi connectivity index (χ4n) is 1.42. The summed E-state index contributed by atoms with van der Waals surface area (Å²) in [5, 5.41) is 0. The summed E-state index contributed by atoms with van der Waals surface area (Å²) in [6.07, 6.45) is 3.46. The third-order valence-electron chi connectivity index (χ3n) is 2.28. The van der Waals surface area contributed by atoms with Gasteiger partial charge in [-0.3, -0.25) is 4.57 Å². The highest BCUT2D eigenvalue weighted by atomic mass is 16.5. The summed E-state index contributed by atoms with van der Waals surface area (Å²) in [5.41, 5.74) is 0.739. The van der Waals surface area contributed by atoms with Gasteiger partial charge in [-0.2, -0.15) is 0 Å². The molecule has 1 aromatic heterocycles. The van der Waals surface area contributed by atoms with Crippen molar-refractivity contribution in [2.45, 2.75) is 0 Å². The molecule has 4 nitrogen and oxygen atoms in total. The van der Waals surface area contributed by atoms with Crippen molar-refractivity contribution < 1.29 is 4.74 Å². The van der Waals surface area contributed by atoms with Crippen molar-refractivity contribution in [3.8, 4) is 11.4 Å². The third-order valence-corrected chi connectivity index (χ3v) is 2.28. The molecular formula is C11H12N2O2. The summed E-state index contributed by atoms with van der Waals surface area (Å²) in [6.45, 7) is 0. The van der Waals surface area contributed by atoms with Crippen LogP contribution in [-0.2, 0) is 7.05 Å². The summed E-state index contributed by atoms with van der Waals surface area (Å²) in [6, 6.07) is 7.39. The maximum Gasteiger partial charge on any atom is 0.332 e. The van der Waals surface area contributed by atoms with Crippen molar-refractivity contribution in [1.29, 1.82) is 0 Å². The molecule has 78 valence electrons. The molecule has 0 N–H and O–H groups in total. The van der Waals surface area contributed by atoms with Gasteiger partial charge >= 0.3 is 5.69 Å². The van der Waals surface area contributed by atoms with Crippen LogP contribution in [0.5, 0.6) is 5.75 Å². The zero-order valence-corrected chi connectivity index (χ0v) is 8.68. The molecule has 0 spiro atoms. The first-order chi connectivity index (χ1) is 7.22. The van der Waals surface area contributed by atoms with E-state index in [1.165, 1.54) is 4.57 Å². The Labute approximate surface area is 87.3 Å². The standard InChI is InChI=1S/C11H12N2O2/c1-12-6-7-13(11(12)14)9-4-3-5-10(8-9)15-2/h3-8H,1-2H3. The molecule has 2 aromatic rings. The monoisotopic (exact) mass is 204 g/mol. The second-order valence-corrected chi connectivity index (χ2v) is 3.26. The van der Waals surface area contributed by atoms with E-state index in [0.29, 0.717) is 0 Å². The van der Waals surface area contributed by atoms with Crippen LogP contribution in [-0.4, -0.2) is 16.2 Å². The molecule has 0 aliphatic carbocycles. The molecule has 0 bridgehead atoms. The second-order valence-electron chi connectivity index (χ2n) is 3.26. The second kappa shape index (κ2) is 3.65. The van der Waals surface area contributed by atoms with Gasteiger partial charge in [-0.1, -0.05) is 6.07 Å². The summed E-state index contributed by atoms with van der Waals surface area (Å²) < 4.78 is 8.20. The highest BCUT2D eigenvalue weighted by Crippen LogP contribution is 2.14. The van der Waals surface area contributed by atoms with Crippen molar-refractivity contribution in [1.82, 2.24) is 9.13 Å². The predicted octanol–water partition coefficient (Wildman–Crippen LogP) is 1.18. The van der Waals surface area contributed by atoms with Gasteiger partial charge < -0.3 is 9.30 Å². The molecule has 4 heteroatoms. The molecule has 15 heavy (non-hydrogen) atoms. The summed E-state index contributed by atoms with van der Waals surface area (Å²) in [5.74, 6) is 0.739. The van der Waals surface area contributed by atoms with E-state index in [2.05, 4.69) is 0 Å². The lowest BCUT2D eigenvalue weighted by atomic mass is 10.3. The van der Waals surface area contributed by atoms with Gasteiger partial charge in [-0.15, -0.1) is 0 Å². The minimum Gasteiger partial charge on any atom is -0.497 e. The van der Waals surface area contributed by atoms with Gasteiger partial charge in [0, 0.05) is 25.5 Å². The number of imidazole rings is 1. The van der Waals surface area contributed by atoms with Gasteiger partial charge in [-0.05, 0) is 12.1 Å². The first-order valence-electron chi connectivity index (χ1n) is 4.61. The SMILES string of the molecule is COc1cccc(-n2ccn(C)c2=O)c1. The van der Waals surface area contributed by atoms with Crippen molar-refractivity contribution in [2.24, 2.45) is 7.05 Å². The number of methoxy groups -OCH3 is 1. The van der Waals surface area contributed by atoms with Gasteiger partial charge in [0.2, 0.25) is 0 Å². The van der Waals surface area contributed by atoms with Crippen LogP contribution >= 0.6 is 0 Å². The smallest absolute Gasteiger partial charge is 0.332 e. The molecule has 2 rings (SSSR count). The molecule has 1 heterocycles. The van der Waals surface area contributed by atoms with Crippen molar-refractivity contribution in [2.75, 3.05) is 7.11 Å². The summed E-state index contributed by atoms with van der Waals surface area (Å²) in [4.78, 5) is 11.7.